The first-order valence-electron chi connectivity index (χ1n) is 7.98. The second-order valence-corrected chi connectivity index (χ2v) is 7.47. The van der Waals surface area contributed by atoms with E-state index in [1.165, 1.54) is 4.88 Å². The van der Waals surface area contributed by atoms with E-state index >= 15 is 0 Å². The van der Waals surface area contributed by atoms with E-state index in [-0.39, 0.29) is 5.91 Å². The fourth-order valence-electron chi connectivity index (χ4n) is 2.40. The lowest BCUT2D eigenvalue weighted by atomic mass is 10.2. The summed E-state index contributed by atoms with van der Waals surface area (Å²) in [5.41, 5.74) is 1.28. The van der Waals surface area contributed by atoms with Crippen molar-refractivity contribution in [2.45, 2.75) is 10.6 Å². The number of carbonyl (C=O) groups is 1. The fourth-order valence-corrected chi connectivity index (χ4v) is 4.22. The Morgan fingerprint density at radius 3 is 2.42 bits per heavy atom. The number of nitrogens with one attached hydrogen (secondary N) is 1. The van der Waals surface area contributed by atoms with E-state index in [2.05, 4.69) is 16.8 Å². The second-order valence-electron chi connectivity index (χ2n) is 5.42. The van der Waals surface area contributed by atoms with Crippen LogP contribution >= 0.6 is 23.1 Å². The van der Waals surface area contributed by atoms with E-state index in [1.54, 1.807) is 55.5 Å². The van der Waals surface area contributed by atoms with E-state index in [0.717, 1.165) is 10.6 Å². The van der Waals surface area contributed by atoms with Gasteiger partial charge in [0.05, 0.1) is 19.8 Å². The standard InChI is InChI=1S/C20H19NO3S2/c1-23-15-10-14(11-16(12-15)24-2)21-20(22)18-7-3-4-8-19(18)26-13-17-6-5-9-25-17/h3-12H,13H2,1-2H3,(H,21,22). The number of methoxy groups -OCH3 is 2. The Morgan fingerprint density at radius 2 is 1.77 bits per heavy atom. The maximum absolute atomic E-state index is 12.8. The lowest BCUT2D eigenvalue weighted by Gasteiger charge is -2.12. The van der Waals surface area contributed by atoms with Crippen molar-refractivity contribution in [3.63, 3.8) is 0 Å². The van der Waals surface area contributed by atoms with Crippen molar-refractivity contribution in [2.24, 2.45) is 0 Å². The molecule has 0 bridgehead atoms. The van der Waals surface area contributed by atoms with Gasteiger partial charge in [0.1, 0.15) is 11.5 Å². The largest absolute Gasteiger partial charge is 0.497 e. The average molecular weight is 386 g/mol. The first-order chi connectivity index (χ1) is 12.7. The Kier molecular flexibility index (Phi) is 6.20. The second kappa shape index (κ2) is 8.78. The number of hydrogen-bond donors (Lipinski definition) is 1. The zero-order chi connectivity index (χ0) is 18.4. The van der Waals surface area contributed by atoms with E-state index < -0.39 is 0 Å². The highest BCUT2D eigenvalue weighted by molar-refractivity contribution is 7.98. The van der Waals surface area contributed by atoms with Crippen molar-refractivity contribution in [3.8, 4) is 11.5 Å². The van der Waals surface area contributed by atoms with Gasteiger partial charge in [-0.15, -0.1) is 23.1 Å². The summed E-state index contributed by atoms with van der Waals surface area (Å²) in [4.78, 5) is 15.0. The molecule has 3 aromatic rings. The summed E-state index contributed by atoms with van der Waals surface area (Å²) >= 11 is 3.38. The van der Waals surface area contributed by atoms with E-state index in [1.807, 2.05) is 30.3 Å². The summed E-state index contributed by atoms with van der Waals surface area (Å²) in [6.45, 7) is 0. The van der Waals surface area contributed by atoms with E-state index in [9.17, 15) is 4.79 Å². The maximum atomic E-state index is 12.8. The van der Waals surface area contributed by atoms with E-state index in [0.29, 0.717) is 22.7 Å². The fraction of sp³-hybridized carbons (Fsp3) is 0.150. The molecule has 26 heavy (non-hydrogen) atoms. The summed E-state index contributed by atoms with van der Waals surface area (Å²) in [5.74, 6) is 1.93. The number of carbonyl (C=O) groups excluding carboxylic acids is 1. The van der Waals surface area contributed by atoms with Gasteiger partial charge in [0.2, 0.25) is 0 Å². The normalized spacial score (nSPS) is 10.4. The quantitative estimate of drug-likeness (QED) is 0.560. The van der Waals surface area contributed by atoms with Crippen LogP contribution in [0.5, 0.6) is 11.5 Å². The number of amides is 1. The van der Waals surface area contributed by atoms with Crippen LogP contribution in [0.1, 0.15) is 15.2 Å². The lowest BCUT2D eigenvalue weighted by Crippen LogP contribution is -2.13. The van der Waals surface area contributed by atoms with Gasteiger partial charge in [-0.25, -0.2) is 0 Å². The smallest absolute Gasteiger partial charge is 0.256 e. The molecule has 0 aliphatic rings. The Bertz CT molecular complexity index is 856. The molecule has 6 heteroatoms. The SMILES string of the molecule is COc1cc(NC(=O)c2ccccc2SCc2cccs2)cc(OC)c1. The van der Waals surface area contributed by atoms with Crippen molar-refractivity contribution < 1.29 is 14.3 Å². The number of thiophene rings is 1. The van der Waals surface area contributed by atoms with Gasteiger partial charge in [0.15, 0.2) is 0 Å². The molecule has 0 unspecified atom stereocenters. The molecule has 1 aromatic heterocycles. The van der Waals surface area contributed by atoms with Gasteiger partial charge >= 0.3 is 0 Å². The molecule has 0 saturated heterocycles. The molecule has 1 N–H and O–H groups in total. The van der Waals surface area contributed by atoms with Gasteiger partial charge in [-0.05, 0) is 23.6 Å². The van der Waals surface area contributed by atoms with Crippen LogP contribution in [0.25, 0.3) is 0 Å². The minimum atomic E-state index is -0.158. The van der Waals surface area contributed by atoms with Crippen molar-refractivity contribution in [2.75, 3.05) is 19.5 Å². The number of anilines is 1. The molecule has 0 aliphatic carbocycles. The highest BCUT2D eigenvalue weighted by Crippen LogP contribution is 2.30. The van der Waals surface area contributed by atoms with Crippen molar-refractivity contribution in [1.29, 1.82) is 0 Å². The van der Waals surface area contributed by atoms with Crippen molar-refractivity contribution >= 4 is 34.7 Å². The minimum absolute atomic E-state index is 0.158. The Balaban J connectivity index is 1.77. The van der Waals surface area contributed by atoms with Crippen LogP contribution in [0, 0.1) is 0 Å². The van der Waals surface area contributed by atoms with Crippen LogP contribution in [0.4, 0.5) is 5.69 Å². The van der Waals surface area contributed by atoms with E-state index in [4.69, 9.17) is 9.47 Å². The summed E-state index contributed by atoms with van der Waals surface area (Å²) in [5, 5.41) is 4.99. The molecule has 0 spiro atoms. The third-order valence-corrected chi connectivity index (χ3v) is 5.87. The summed E-state index contributed by atoms with van der Waals surface area (Å²) in [7, 11) is 3.16. The number of benzene rings is 2. The zero-order valence-electron chi connectivity index (χ0n) is 14.5. The third kappa shape index (κ3) is 4.59. The molecule has 1 amide bonds. The molecule has 1 heterocycles. The summed E-state index contributed by atoms with van der Waals surface area (Å²) in [6.07, 6.45) is 0. The van der Waals surface area contributed by atoms with Crippen LogP contribution < -0.4 is 14.8 Å². The molecule has 0 saturated carbocycles. The van der Waals surface area contributed by atoms with Gasteiger partial charge in [-0.2, -0.15) is 0 Å². The number of rotatable bonds is 7. The first-order valence-corrected chi connectivity index (χ1v) is 9.85. The molecule has 4 nitrogen and oxygen atoms in total. The molecular weight excluding hydrogens is 366 g/mol. The molecule has 0 radical (unpaired) electrons. The number of thioether (sulfide) groups is 1. The molecule has 2 aromatic carbocycles. The van der Waals surface area contributed by atoms with Crippen LogP contribution in [0.2, 0.25) is 0 Å². The van der Waals surface area contributed by atoms with Crippen LogP contribution in [-0.2, 0) is 5.75 Å². The van der Waals surface area contributed by atoms with Gasteiger partial charge in [-0.1, -0.05) is 18.2 Å². The maximum Gasteiger partial charge on any atom is 0.256 e. The molecule has 0 aliphatic heterocycles. The van der Waals surface area contributed by atoms with Crippen LogP contribution in [-0.4, -0.2) is 20.1 Å². The average Bonchev–Trinajstić information content (AvgIpc) is 3.19. The summed E-state index contributed by atoms with van der Waals surface area (Å²) < 4.78 is 10.5. The van der Waals surface area contributed by atoms with Gasteiger partial charge in [0, 0.05) is 39.4 Å². The predicted molar refractivity (Wildman–Crippen MR) is 108 cm³/mol. The first kappa shape index (κ1) is 18.4. The molecular formula is C20H19NO3S2. The highest BCUT2D eigenvalue weighted by atomic mass is 32.2. The molecule has 134 valence electrons. The van der Waals surface area contributed by atoms with Crippen molar-refractivity contribution in [3.05, 3.63) is 70.4 Å². The molecule has 0 fully saturated rings. The zero-order valence-corrected chi connectivity index (χ0v) is 16.2. The Hall–Kier alpha value is -2.44. The lowest BCUT2D eigenvalue weighted by molar-refractivity contribution is 0.102. The Morgan fingerprint density at radius 1 is 1.04 bits per heavy atom. The predicted octanol–water partition coefficient (Wildman–Crippen LogP) is 5.31. The van der Waals surface area contributed by atoms with Gasteiger partial charge in [0.25, 0.3) is 5.91 Å². The monoisotopic (exact) mass is 385 g/mol. The van der Waals surface area contributed by atoms with Crippen LogP contribution in [0.3, 0.4) is 0 Å². The Labute approximate surface area is 161 Å². The molecule has 3 rings (SSSR count). The molecule has 0 atom stereocenters. The summed E-state index contributed by atoms with van der Waals surface area (Å²) in [6, 6.07) is 17.1. The third-order valence-electron chi connectivity index (χ3n) is 3.69. The topological polar surface area (TPSA) is 47.6 Å². The van der Waals surface area contributed by atoms with Crippen molar-refractivity contribution in [1.82, 2.24) is 0 Å². The van der Waals surface area contributed by atoms with Crippen LogP contribution in [0.15, 0.2) is 64.9 Å². The van der Waals surface area contributed by atoms with Gasteiger partial charge in [-0.3, -0.25) is 4.79 Å². The van der Waals surface area contributed by atoms with Gasteiger partial charge < -0.3 is 14.8 Å². The highest BCUT2D eigenvalue weighted by Gasteiger charge is 2.13. The minimum Gasteiger partial charge on any atom is -0.497 e. The number of hydrogen-bond acceptors (Lipinski definition) is 5. The number of ether oxygens (including phenoxy) is 2.